The van der Waals surface area contributed by atoms with Gasteiger partial charge in [0.2, 0.25) is 5.95 Å². The zero-order chi connectivity index (χ0) is 16.9. The van der Waals surface area contributed by atoms with E-state index in [0.717, 1.165) is 10.9 Å². The van der Waals surface area contributed by atoms with E-state index in [2.05, 4.69) is 20.6 Å². The zero-order valence-electron chi connectivity index (χ0n) is 12.8. The van der Waals surface area contributed by atoms with E-state index in [1.165, 1.54) is 0 Å². The summed E-state index contributed by atoms with van der Waals surface area (Å²) in [5, 5.41) is 17.1. The summed E-state index contributed by atoms with van der Waals surface area (Å²) in [4.78, 5) is 9.04. The number of nitrogens with zero attached hydrogens (tertiary/aromatic N) is 2. The number of aliphatic hydroxyl groups excluding tert-OH is 1. The number of rotatable bonds is 6. The van der Waals surface area contributed by atoms with E-state index in [9.17, 15) is 0 Å². The van der Waals surface area contributed by atoms with E-state index >= 15 is 0 Å². The number of aromatic nitrogens is 2. The molecule has 0 aliphatic carbocycles. The number of benzene rings is 2. The number of anilines is 3. The van der Waals surface area contributed by atoms with Crippen LogP contribution in [0.3, 0.4) is 0 Å². The third kappa shape index (κ3) is 3.70. The highest BCUT2D eigenvalue weighted by molar-refractivity contribution is 6.43. The Morgan fingerprint density at radius 1 is 1.00 bits per heavy atom. The molecule has 0 fully saturated rings. The minimum absolute atomic E-state index is 0.124. The lowest BCUT2D eigenvalue weighted by molar-refractivity contribution is 0.292. The molecule has 5 nitrogen and oxygen atoms in total. The molecular weight excluding hydrogens is 347 g/mol. The van der Waals surface area contributed by atoms with Gasteiger partial charge in [-0.25, -0.2) is 4.98 Å². The van der Waals surface area contributed by atoms with Crippen molar-refractivity contribution in [2.24, 2.45) is 0 Å². The Bertz CT molecular complexity index is 857. The molecule has 1 aromatic heterocycles. The van der Waals surface area contributed by atoms with Gasteiger partial charge in [0.25, 0.3) is 0 Å². The lowest BCUT2D eigenvalue weighted by Crippen LogP contribution is -2.08. The van der Waals surface area contributed by atoms with Gasteiger partial charge in [0.05, 0.1) is 21.2 Å². The van der Waals surface area contributed by atoms with Crippen LogP contribution in [0.15, 0.2) is 42.5 Å². The molecule has 3 N–H and O–H groups in total. The molecule has 0 aliphatic rings. The molecule has 24 heavy (non-hydrogen) atoms. The van der Waals surface area contributed by atoms with Gasteiger partial charge in [0, 0.05) is 18.5 Å². The van der Waals surface area contributed by atoms with Crippen LogP contribution in [0.2, 0.25) is 10.0 Å². The first kappa shape index (κ1) is 16.8. The summed E-state index contributed by atoms with van der Waals surface area (Å²) in [6.45, 7) is 0.744. The topological polar surface area (TPSA) is 70.1 Å². The van der Waals surface area contributed by atoms with Crippen LogP contribution in [-0.4, -0.2) is 28.2 Å². The van der Waals surface area contributed by atoms with E-state index in [1.54, 1.807) is 12.1 Å². The predicted octanol–water partition coefficient (Wildman–Crippen LogP) is 4.47. The van der Waals surface area contributed by atoms with Crippen molar-refractivity contribution in [1.29, 1.82) is 0 Å². The second kappa shape index (κ2) is 7.66. The van der Waals surface area contributed by atoms with Gasteiger partial charge in [-0.15, -0.1) is 0 Å². The lowest BCUT2D eigenvalue weighted by atomic mass is 10.2. The summed E-state index contributed by atoms with van der Waals surface area (Å²) in [5.41, 5.74) is 1.44. The van der Waals surface area contributed by atoms with Crippen LogP contribution in [0, 0.1) is 0 Å². The maximum atomic E-state index is 8.95. The molecular formula is C17H16Cl2N4O. The molecule has 0 amide bonds. The van der Waals surface area contributed by atoms with E-state index in [0.29, 0.717) is 40.5 Å². The molecule has 0 aliphatic heterocycles. The summed E-state index contributed by atoms with van der Waals surface area (Å²) < 4.78 is 0. The Balaban J connectivity index is 1.97. The van der Waals surface area contributed by atoms with Gasteiger partial charge < -0.3 is 15.7 Å². The Labute approximate surface area is 149 Å². The summed E-state index contributed by atoms with van der Waals surface area (Å²) in [5.74, 6) is 1.12. The number of fused-ring (bicyclic) bond motifs is 1. The molecule has 0 saturated carbocycles. The van der Waals surface area contributed by atoms with Crippen molar-refractivity contribution in [3.8, 4) is 0 Å². The number of aliphatic hydroxyl groups is 1. The van der Waals surface area contributed by atoms with Crippen molar-refractivity contribution < 1.29 is 5.11 Å². The molecule has 3 rings (SSSR count). The van der Waals surface area contributed by atoms with Gasteiger partial charge in [-0.1, -0.05) is 41.4 Å². The SMILES string of the molecule is OCCCNc1nc(Nc2cccc(Cl)c2Cl)nc2ccccc12. The third-order valence-electron chi connectivity index (χ3n) is 3.43. The van der Waals surface area contributed by atoms with Crippen molar-refractivity contribution in [2.45, 2.75) is 6.42 Å². The molecule has 1 heterocycles. The first-order valence-electron chi connectivity index (χ1n) is 7.51. The van der Waals surface area contributed by atoms with Gasteiger partial charge in [0.1, 0.15) is 5.82 Å². The molecule has 2 aromatic carbocycles. The second-order valence-corrected chi connectivity index (χ2v) is 5.93. The van der Waals surface area contributed by atoms with Gasteiger partial charge in [-0.2, -0.15) is 4.98 Å². The quantitative estimate of drug-likeness (QED) is 0.564. The average molecular weight is 363 g/mol. The van der Waals surface area contributed by atoms with Crippen LogP contribution in [0.25, 0.3) is 10.9 Å². The zero-order valence-corrected chi connectivity index (χ0v) is 14.3. The number of hydrogen-bond acceptors (Lipinski definition) is 5. The van der Waals surface area contributed by atoms with Crippen molar-refractivity contribution in [2.75, 3.05) is 23.8 Å². The molecule has 3 aromatic rings. The summed E-state index contributed by atoms with van der Waals surface area (Å²) in [6.07, 6.45) is 0.640. The average Bonchev–Trinajstić information content (AvgIpc) is 2.59. The van der Waals surface area contributed by atoms with E-state index < -0.39 is 0 Å². The highest BCUT2D eigenvalue weighted by Gasteiger charge is 2.10. The maximum absolute atomic E-state index is 8.95. The van der Waals surface area contributed by atoms with Crippen molar-refractivity contribution >= 4 is 51.6 Å². The summed E-state index contributed by atoms with van der Waals surface area (Å²) in [7, 11) is 0. The minimum atomic E-state index is 0.124. The second-order valence-electron chi connectivity index (χ2n) is 5.14. The number of nitrogens with one attached hydrogen (secondary N) is 2. The lowest BCUT2D eigenvalue weighted by Gasteiger charge is -2.12. The van der Waals surface area contributed by atoms with Crippen LogP contribution >= 0.6 is 23.2 Å². The van der Waals surface area contributed by atoms with Gasteiger partial charge in [0.15, 0.2) is 0 Å². The summed E-state index contributed by atoms with van der Waals surface area (Å²) >= 11 is 12.3. The minimum Gasteiger partial charge on any atom is -0.396 e. The Morgan fingerprint density at radius 2 is 1.83 bits per heavy atom. The smallest absolute Gasteiger partial charge is 0.229 e. The monoisotopic (exact) mass is 362 g/mol. The standard InChI is InChI=1S/C17H16Cl2N4O/c18-12-6-3-8-14(15(12)19)22-17-21-13-7-2-1-5-11(13)16(23-17)20-9-4-10-24/h1-3,5-8,24H,4,9-10H2,(H2,20,21,22,23). The number of hydrogen-bond donors (Lipinski definition) is 3. The van der Waals surface area contributed by atoms with Crippen LogP contribution in [0.4, 0.5) is 17.5 Å². The normalized spacial score (nSPS) is 10.8. The fourth-order valence-corrected chi connectivity index (χ4v) is 2.62. The molecule has 7 heteroatoms. The van der Waals surface area contributed by atoms with Gasteiger partial charge in [-0.05, 0) is 30.7 Å². The highest BCUT2D eigenvalue weighted by Crippen LogP contribution is 2.32. The van der Waals surface area contributed by atoms with Crippen LogP contribution in [0.1, 0.15) is 6.42 Å². The van der Waals surface area contributed by atoms with Crippen molar-refractivity contribution in [3.63, 3.8) is 0 Å². The maximum Gasteiger partial charge on any atom is 0.229 e. The molecule has 0 atom stereocenters. The third-order valence-corrected chi connectivity index (χ3v) is 4.25. The van der Waals surface area contributed by atoms with E-state index in [1.807, 2.05) is 30.3 Å². The molecule has 0 spiro atoms. The molecule has 0 radical (unpaired) electrons. The highest BCUT2D eigenvalue weighted by atomic mass is 35.5. The van der Waals surface area contributed by atoms with Gasteiger partial charge in [-0.3, -0.25) is 0 Å². The number of para-hydroxylation sites is 1. The fraction of sp³-hybridized carbons (Fsp3) is 0.176. The fourth-order valence-electron chi connectivity index (χ4n) is 2.27. The van der Waals surface area contributed by atoms with Crippen molar-refractivity contribution in [3.05, 3.63) is 52.5 Å². The Kier molecular flexibility index (Phi) is 5.35. The van der Waals surface area contributed by atoms with Crippen LogP contribution in [0.5, 0.6) is 0 Å². The van der Waals surface area contributed by atoms with E-state index in [4.69, 9.17) is 28.3 Å². The Morgan fingerprint density at radius 3 is 2.67 bits per heavy atom. The Hall–Kier alpha value is -2.08. The number of halogens is 2. The molecule has 0 bridgehead atoms. The molecule has 0 saturated heterocycles. The van der Waals surface area contributed by atoms with Gasteiger partial charge >= 0.3 is 0 Å². The van der Waals surface area contributed by atoms with E-state index in [-0.39, 0.29) is 6.61 Å². The summed E-state index contributed by atoms with van der Waals surface area (Å²) in [6, 6.07) is 13.1. The first-order chi connectivity index (χ1) is 11.7. The van der Waals surface area contributed by atoms with Crippen LogP contribution in [-0.2, 0) is 0 Å². The predicted molar refractivity (Wildman–Crippen MR) is 99.5 cm³/mol. The first-order valence-corrected chi connectivity index (χ1v) is 8.27. The molecule has 0 unspecified atom stereocenters. The molecule has 124 valence electrons. The van der Waals surface area contributed by atoms with Crippen molar-refractivity contribution in [1.82, 2.24) is 9.97 Å². The van der Waals surface area contributed by atoms with Crippen LogP contribution < -0.4 is 10.6 Å². The largest absolute Gasteiger partial charge is 0.396 e.